The molecule has 0 amide bonds. The van der Waals surface area contributed by atoms with Crippen molar-refractivity contribution in [1.29, 1.82) is 0 Å². The van der Waals surface area contributed by atoms with E-state index in [1.807, 2.05) is 0 Å². The van der Waals surface area contributed by atoms with Gasteiger partial charge in [-0.1, -0.05) is 0 Å². The summed E-state index contributed by atoms with van der Waals surface area (Å²) in [6.45, 7) is 2.05. The predicted molar refractivity (Wildman–Crippen MR) is 71.7 cm³/mol. The van der Waals surface area contributed by atoms with Gasteiger partial charge in [0.1, 0.15) is 0 Å². The van der Waals surface area contributed by atoms with Gasteiger partial charge >= 0.3 is 0 Å². The first kappa shape index (κ1) is 12.6. The van der Waals surface area contributed by atoms with Crippen LogP contribution >= 0.6 is 27.3 Å². The Balaban J connectivity index is 1.64. The Bertz CT molecular complexity index is 321. The first-order valence-corrected chi connectivity index (χ1v) is 7.53. The summed E-state index contributed by atoms with van der Waals surface area (Å²) in [6, 6.07) is 2.17. The lowest BCUT2D eigenvalue weighted by atomic mass is 9.87. The van der Waals surface area contributed by atoms with Crippen LogP contribution in [0.1, 0.15) is 30.6 Å². The summed E-state index contributed by atoms with van der Waals surface area (Å²) in [4.78, 5) is 1.38. The quantitative estimate of drug-likeness (QED) is 0.895. The molecule has 1 aromatic heterocycles. The molecular weight excluding hydrogens is 286 g/mol. The normalized spacial score (nSPS) is 25.9. The summed E-state index contributed by atoms with van der Waals surface area (Å²) in [7, 11) is 0. The zero-order valence-corrected chi connectivity index (χ0v) is 11.7. The molecule has 0 atom stereocenters. The summed E-state index contributed by atoms with van der Waals surface area (Å²) < 4.78 is 1.18. The van der Waals surface area contributed by atoms with Crippen molar-refractivity contribution in [3.05, 3.63) is 20.8 Å². The van der Waals surface area contributed by atoms with Crippen LogP contribution in [0.2, 0.25) is 0 Å². The van der Waals surface area contributed by atoms with Crippen LogP contribution in [-0.2, 0) is 6.54 Å². The Morgan fingerprint density at radius 3 is 2.75 bits per heavy atom. The fourth-order valence-corrected chi connectivity index (χ4v) is 3.62. The third-order valence-electron chi connectivity index (χ3n) is 3.17. The molecule has 1 aliphatic rings. The number of thiophene rings is 1. The third kappa shape index (κ3) is 3.84. The van der Waals surface area contributed by atoms with Gasteiger partial charge in [0, 0.05) is 21.3 Å². The van der Waals surface area contributed by atoms with Gasteiger partial charge in [0.15, 0.2) is 0 Å². The molecular formula is C12H18BrNOS. The third-order valence-corrected chi connectivity index (χ3v) is 4.87. The van der Waals surface area contributed by atoms with Crippen LogP contribution in [0.3, 0.4) is 0 Å². The average Bonchev–Trinajstić information content (AvgIpc) is 2.67. The Morgan fingerprint density at radius 1 is 1.38 bits per heavy atom. The molecule has 2 N–H and O–H groups in total. The molecule has 1 fully saturated rings. The molecule has 0 aromatic carbocycles. The van der Waals surface area contributed by atoms with Crippen molar-refractivity contribution in [2.24, 2.45) is 5.92 Å². The minimum absolute atomic E-state index is 0.0375. The van der Waals surface area contributed by atoms with Crippen LogP contribution in [0.5, 0.6) is 0 Å². The smallest absolute Gasteiger partial charge is 0.0540 e. The van der Waals surface area contributed by atoms with Gasteiger partial charge < -0.3 is 10.4 Å². The minimum atomic E-state index is -0.0375. The molecule has 1 aliphatic carbocycles. The molecule has 0 saturated heterocycles. The molecule has 0 unspecified atom stereocenters. The largest absolute Gasteiger partial charge is 0.393 e. The van der Waals surface area contributed by atoms with E-state index >= 15 is 0 Å². The topological polar surface area (TPSA) is 32.3 Å². The molecule has 0 bridgehead atoms. The average molecular weight is 304 g/mol. The van der Waals surface area contributed by atoms with Gasteiger partial charge in [-0.3, -0.25) is 0 Å². The van der Waals surface area contributed by atoms with Crippen LogP contribution in [-0.4, -0.2) is 17.8 Å². The summed E-state index contributed by atoms with van der Waals surface area (Å²) in [5.74, 6) is 0.756. The maximum Gasteiger partial charge on any atom is 0.0540 e. The molecule has 0 aliphatic heterocycles. The van der Waals surface area contributed by atoms with Crippen LogP contribution in [0.4, 0.5) is 0 Å². The SMILES string of the molecule is OC1CCC(CNCc2cc(Br)cs2)CC1. The first-order valence-electron chi connectivity index (χ1n) is 5.85. The zero-order valence-electron chi connectivity index (χ0n) is 9.29. The van der Waals surface area contributed by atoms with E-state index in [-0.39, 0.29) is 6.10 Å². The maximum atomic E-state index is 9.41. The number of aliphatic hydroxyl groups is 1. The van der Waals surface area contributed by atoms with Gasteiger partial charge in [0.25, 0.3) is 0 Å². The lowest BCUT2D eigenvalue weighted by Gasteiger charge is -2.25. The number of hydrogen-bond acceptors (Lipinski definition) is 3. The number of rotatable bonds is 4. The fourth-order valence-electron chi connectivity index (χ4n) is 2.19. The zero-order chi connectivity index (χ0) is 11.4. The Kier molecular flexibility index (Phi) is 4.82. The van der Waals surface area contributed by atoms with E-state index in [0.717, 1.165) is 31.8 Å². The standard InChI is InChI=1S/C12H18BrNOS/c13-10-5-12(16-8-10)7-14-6-9-1-3-11(15)4-2-9/h5,8-9,11,14-15H,1-4,6-7H2. The Labute approximate surface area is 109 Å². The second-order valence-corrected chi connectivity index (χ2v) is 6.45. The molecule has 16 heavy (non-hydrogen) atoms. The molecule has 2 nitrogen and oxygen atoms in total. The van der Waals surface area contributed by atoms with E-state index in [2.05, 4.69) is 32.7 Å². The Hall–Kier alpha value is 0.1000. The number of nitrogens with one attached hydrogen (secondary N) is 1. The van der Waals surface area contributed by atoms with Crippen molar-refractivity contribution in [3.8, 4) is 0 Å². The highest BCUT2D eigenvalue weighted by Crippen LogP contribution is 2.24. The van der Waals surface area contributed by atoms with Crippen molar-refractivity contribution in [2.45, 2.75) is 38.3 Å². The Morgan fingerprint density at radius 2 is 2.12 bits per heavy atom. The highest BCUT2D eigenvalue weighted by Gasteiger charge is 2.18. The molecule has 90 valence electrons. The molecule has 1 saturated carbocycles. The van der Waals surface area contributed by atoms with Crippen molar-refractivity contribution in [1.82, 2.24) is 5.32 Å². The summed E-state index contributed by atoms with van der Waals surface area (Å²) in [5, 5.41) is 15.0. The van der Waals surface area contributed by atoms with E-state index in [0.29, 0.717) is 0 Å². The van der Waals surface area contributed by atoms with Crippen molar-refractivity contribution >= 4 is 27.3 Å². The van der Waals surface area contributed by atoms with Gasteiger partial charge in [-0.05, 0) is 60.1 Å². The van der Waals surface area contributed by atoms with E-state index < -0.39 is 0 Å². The van der Waals surface area contributed by atoms with Crippen molar-refractivity contribution in [2.75, 3.05) is 6.54 Å². The number of halogens is 1. The first-order chi connectivity index (χ1) is 7.74. The lowest BCUT2D eigenvalue weighted by molar-refractivity contribution is 0.108. The number of aliphatic hydroxyl groups excluding tert-OH is 1. The highest BCUT2D eigenvalue weighted by atomic mass is 79.9. The fraction of sp³-hybridized carbons (Fsp3) is 0.667. The van der Waals surface area contributed by atoms with Gasteiger partial charge in [-0.15, -0.1) is 11.3 Å². The van der Waals surface area contributed by atoms with E-state index in [1.54, 1.807) is 11.3 Å². The molecule has 1 aromatic rings. The van der Waals surface area contributed by atoms with E-state index in [4.69, 9.17) is 0 Å². The molecule has 0 spiro atoms. The molecule has 4 heteroatoms. The van der Waals surface area contributed by atoms with Gasteiger partial charge in [0.2, 0.25) is 0 Å². The lowest BCUT2D eigenvalue weighted by Crippen LogP contribution is -2.27. The van der Waals surface area contributed by atoms with Crippen molar-refractivity contribution in [3.63, 3.8) is 0 Å². The summed E-state index contributed by atoms with van der Waals surface area (Å²) in [5.41, 5.74) is 0. The monoisotopic (exact) mass is 303 g/mol. The number of hydrogen-bond donors (Lipinski definition) is 2. The van der Waals surface area contributed by atoms with Gasteiger partial charge in [-0.2, -0.15) is 0 Å². The van der Waals surface area contributed by atoms with Crippen LogP contribution < -0.4 is 5.32 Å². The summed E-state index contributed by atoms with van der Waals surface area (Å²) in [6.07, 6.45) is 4.27. The molecule has 1 heterocycles. The second-order valence-electron chi connectivity index (χ2n) is 4.54. The maximum absolute atomic E-state index is 9.41. The summed E-state index contributed by atoms with van der Waals surface area (Å²) >= 11 is 5.25. The van der Waals surface area contributed by atoms with E-state index in [9.17, 15) is 5.11 Å². The minimum Gasteiger partial charge on any atom is -0.393 e. The molecule has 2 rings (SSSR count). The molecule has 0 radical (unpaired) electrons. The predicted octanol–water partition coefficient (Wildman–Crippen LogP) is 3.15. The van der Waals surface area contributed by atoms with Crippen LogP contribution in [0.15, 0.2) is 15.9 Å². The second kappa shape index (κ2) is 6.15. The van der Waals surface area contributed by atoms with Gasteiger partial charge in [0.05, 0.1) is 6.10 Å². The van der Waals surface area contributed by atoms with Gasteiger partial charge in [-0.25, -0.2) is 0 Å². The van der Waals surface area contributed by atoms with Crippen LogP contribution in [0.25, 0.3) is 0 Å². The van der Waals surface area contributed by atoms with Crippen molar-refractivity contribution < 1.29 is 5.11 Å². The van der Waals surface area contributed by atoms with Crippen LogP contribution in [0, 0.1) is 5.92 Å². The highest BCUT2D eigenvalue weighted by molar-refractivity contribution is 9.10. The van der Waals surface area contributed by atoms with E-state index in [1.165, 1.54) is 22.2 Å².